The summed E-state index contributed by atoms with van der Waals surface area (Å²) in [5.41, 5.74) is 0.749. The van der Waals surface area contributed by atoms with Crippen LogP contribution in [0.1, 0.15) is 13.8 Å². The second kappa shape index (κ2) is 9.39. The maximum atomic E-state index is 12.5. The number of ether oxygens (including phenoxy) is 2. The van der Waals surface area contributed by atoms with Gasteiger partial charge in [0, 0.05) is 12.6 Å². The largest absolute Gasteiger partial charge is 0.497 e. The minimum absolute atomic E-state index is 0.00958. The highest BCUT2D eigenvalue weighted by molar-refractivity contribution is 7.89. The molecule has 0 saturated heterocycles. The van der Waals surface area contributed by atoms with Crippen molar-refractivity contribution in [3.63, 3.8) is 0 Å². The fraction of sp³-hybridized carbons (Fsp3) is 0.263. The van der Waals surface area contributed by atoms with E-state index >= 15 is 0 Å². The normalized spacial score (nSPS) is 12.0. The standard InChI is InChI=1S/C19H23N3O6S/c1-12(22-29(25,26)16-8-6-15(27-3)7-9-16)19(24)21-14-5-10-18(28-4)17(11-14)20-13(2)23/h5-12,22H,1-4H3,(H,20,23)(H,21,24)/t12-/m0/s1. The molecule has 3 N–H and O–H groups in total. The lowest BCUT2D eigenvalue weighted by atomic mass is 10.2. The number of carbonyl (C=O) groups is 2. The van der Waals surface area contributed by atoms with Crippen LogP contribution in [0.15, 0.2) is 47.4 Å². The molecule has 10 heteroatoms. The van der Waals surface area contributed by atoms with E-state index in [4.69, 9.17) is 9.47 Å². The lowest BCUT2D eigenvalue weighted by molar-refractivity contribution is -0.117. The van der Waals surface area contributed by atoms with Crippen molar-refractivity contribution < 1.29 is 27.5 Å². The number of hydrogen-bond donors (Lipinski definition) is 3. The highest BCUT2D eigenvalue weighted by Crippen LogP contribution is 2.28. The van der Waals surface area contributed by atoms with Gasteiger partial charge in [0.15, 0.2) is 0 Å². The Morgan fingerprint density at radius 1 is 0.966 bits per heavy atom. The third-order valence-electron chi connectivity index (χ3n) is 3.87. The van der Waals surface area contributed by atoms with E-state index in [0.29, 0.717) is 22.9 Å². The number of hydrogen-bond acceptors (Lipinski definition) is 6. The number of carbonyl (C=O) groups excluding carboxylic acids is 2. The highest BCUT2D eigenvalue weighted by Gasteiger charge is 2.22. The Morgan fingerprint density at radius 3 is 2.17 bits per heavy atom. The first-order chi connectivity index (χ1) is 13.7. The molecule has 0 heterocycles. The summed E-state index contributed by atoms with van der Waals surface area (Å²) in [5.74, 6) is 0.0732. The van der Waals surface area contributed by atoms with Crippen LogP contribution in [0, 0.1) is 0 Å². The molecular formula is C19H23N3O6S. The fourth-order valence-electron chi connectivity index (χ4n) is 2.43. The Morgan fingerprint density at radius 2 is 1.62 bits per heavy atom. The zero-order valence-corrected chi connectivity index (χ0v) is 17.3. The van der Waals surface area contributed by atoms with E-state index in [1.807, 2.05) is 0 Å². The SMILES string of the molecule is COc1ccc(S(=O)(=O)N[C@@H](C)C(=O)Nc2ccc(OC)c(NC(C)=O)c2)cc1. The van der Waals surface area contributed by atoms with Gasteiger partial charge in [-0.15, -0.1) is 0 Å². The van der Waals surface area contributed by atoms with E-state index in [1.165, 1.54) is 58.4 Å². The van der Waals surface area contributed by atoms with E-state index in [2.05, 4.69) is 15.4 Å². The van der Waals surface area contributed by atoms with Crippen LogP contribution < -0.4 is 24.8 Å². The Balaban J connectivity index is 2.10. The first-order valence-electron chi connectivity index (χ1n) is 8.59. The van der Waals surface area contributed by atoms with Crippen molar-refractivity contribution in [2.45, 2.75) is 24.8 Å². The smallest absolute Gasteiger partial charge is 0.242 e. The highest BCUT2D eigenvalue weighted by atomic mass is 32.2. The molecule has 156 valence electrons. The van der Waals surface area contributed by atoms with Gasteiger partial charge in [0.05, 0.1) is 30.8 Å². The average Bonchev–Trinajstić information content (AvgIpc) is 2.67. The lowest BCUT2D eigenvalue weighted by Crippen LogP contribution is -2.41. The van der Waals surface area contributed by atoms with Gasteiger partial charge in [-0.3, -0.25) is 9.59 Å². The van der Waals surface area contributed by atoms with Crippen molar-refractivity contribution in [2.75, 3.05) is 24.9 Å². The van der Waals surface area contributed by atoms with Gasteiger partial charge in [-0.1, -0.05) is 0 Å². The molecule has 0 aromatic heterocycles. The second-order valence-corrected chi connectivity index (χ2v) is 7.82. The minimum atomic E-state index is -3.90. The zero-order valence-electron chi connectivity index (χ0n) is 16.5. The molecule has 0 unspecified atom stereocenters. The Labute approximate surface area is 169 Å². The summed E-state index contributed by atoms with van der Waals surface area (Å²) >= 11 is 0. The van der Waals surface area contributed by atoms with Crippen LogP contribution in [-0.4, -0.2) is 40.5 Å². The molecule has 0 spiro atoms. The first kappa shape index (κ1) is 22.2. The average molecular weight is 421 g/mol. The molecule has 0 aliphatic rings. The number of methoxy groups -OCH3 is 2. The number of amides is 2. The monoisotopic (exact) mass is 421 g/mol. The summed E-state index contributed by atoms with van der Waals surface area (Å²) in [6.07, 6.45) is 0. The third kappa shape index (κ3) is 5.93. The van der Waals surface area contributed by atoms with E-state index in [0.717, 1.165) is 0 Å². The molecule has 0 aliphatic carbocycles. The van der Waals surface area contributed by atoms with Crippen molar-refractivity contribution in [1.29, 1.82) is 0 Å². The van der Waals surface area contributed by atoms with Crippen LogP contribution in [0.4, 0.5) is 11.4 Å². The molecular weight excluding hydrogens is 398 g/mol. The van der Waals surface area contributed by atoms with E-state index in [9.17, 15) is 18.0 Å². The van der Waals surface area contributed by atoms with E-state index in [1.54, 1.807) is 12.1 Å². The summed E-state index contributed by atoms with van der Waals surface area (Å²) in [7, 11) is -0.970. The van der Waals surface area contributed by atoms with Crippen LogP contribution in [0.5, 0.6) is 11.5 Å². The number of anilines is 2. The molecule has 2 rings (SSSR count). The summed E-state index contributed by atoms with van der Waals surface area (Å²) in [5, 5.41) is 5.21. The van der Waals surface area contributed by atoms with Gasteiger partial charge in [0.1, 0.15) is 11.5 Å². The molecule has 0 bridgehead atoms. The maximum absolute atomic E-state index is 12.5. The molecule has 0 fully saturated rings. The predicted molar refractivity (Wildman–Crippen MR) is 109 cm³/mol. The van der Waals surface area contributed by atoms with Crippen molar-refractivity contribution in [2.24, 2.45) is 0 Å². The van der Waals surface area contributed by atoms with Crippen LogP contribution in [0.25, 0.3) is 0 Å². The van der Waals surface area contributed by atoms with Crippen molar-refractivity contribution in [3.8, 4) is 11.5 Å². The van der Waals surface area contributed by atoms with Crippen molar-refractivity contribution in [1.82, 2.24) is 4.72 Å². The molecule has 0 radical (unpaired) electrons. The summed E-state index contributed by atoms with van der Waals surface area (Å²) in [6.45, 7) is 2.77. The van der Waals surface area contributed by atoms with Crippen LogP contribution in [-0.2, 0) is 19.6 Å². The van der Waals surface area contributed by atoms with Crippen LogP contribution in [0.3, 0.4) is 0 Å². The second-order valence-electron chi connectivity index (χ2n) is 6.10. The molecule has 0 aliphatic heterocycles. The molecule has 2 amide bonds. The van der Waals surface area contributed by atoms with Crippen molar-refractivity contribution >= 4 is 33.2 Å². The van der Waals surface area contributed by atoms with Gasteiger partial charge in [0.2, 0.25) is 21.8 Å². The number of rotatable bonds is 8. The Kier molecular flexibility index (Phi) is 7.18. The maximum Gasteiger partial charge on any atom is 0.242 e. The molecule has 1 atom stereocenters. The summed E-state index contributed by atoms with van der Waals surface area (Å²) < 4.78 is 37.4. The van der Waals surface area contributed by atoms with Gasteiger partial charge < -0.3 is 20.1 Å². The molecule has 29 heavy (non-hydrogen) atoms. The molecule has 2 aromatic carbocycles. The molecule has 9 nitrogen and oxygen atoms in total. The van der Waals surface area contributed by atoms with Gasteiger partial charge in [0.25, 0.3) is 0 Å². The summed E-state index contributed by atoms with van der Waals surface area (Å²) in [6, 6.07) is 9.42. The third-order valence-corrected chi connectivity index (χ3v) is 5.43. The van der Waals surface area contributed by atoms with Crippen molar-refractivity contribution in [3.05, 3.63) is 42.5 Å². The van der Waals surface area contributed by atoms with Crippen LogP contribution in [0.2, 0.25) is 0 Å². The Bertz CT molecular complexity index is 990. The first-order valence-corrected chi connectivity index (χ1v) is 10.1. The topological polar surface area (TPSA) is 123 Å². The van der Waals surface area contributed by atoms with Gasteiger partial charge in [-0.2, -0.15) is 4.72 Å². The zero-order chi connectivity index (χ0) is 21.6. The van der Waals surface area contributed by atoms with E-state index in [-0.39, 0.29) is 10.8 Å². The van der Waals surface area contributed by atoms with Gasteiger partial charge >= 0.3 is 0 Å². The minimum Gasteiger partial charge on any atom is -0.497 e. The van der Waals surface area contributed by atoms with E-state index < -0.39 is 22.0 Å². The lowest BCUT2D eigenvalue weighted by Gasteiger charge is -2.16. The number of nitrogens with one attached hydrogen (secondary N) is 3. The molecule has 0 saturated carbocycles. The number of benzene rings is 2. The predicted octanol–water partition coefficient (Wildman–Crippen LogP) is 1.97. The van der Waals surface area contributed by atoms with Gasteiger partial charge in [-0.05, 0) is 49.4 Å². The Hall–Kier alpha value is -3.11. The quantitative estimate of drug-likeness (QED) is 0.599. The van der Waals surface area contributed by atoms with Crippen LogP contribution >= 0.6 is 0 Å². The molecule has 2 aromatic rings. The van der Waals surface area contributed by atoms with Gasteiger partial charge in [-0.25, -0.2) is 8.42 Å². The fourth-order valence-corrected chi connectivity index (χ4v) is 3.64. The number of sulfonamides is 1. The summed E-state index contributed by atoms with van der Waals surface area (Å²) in [4.78, 5) is 23.8.